The summed E-state index contributed by atoms with van der Waals surface area (Å²) in [5, 5.41) is 0.797. The number of likely N-dealkylation sites (tertiary alicyclic amines) is 1. The second kappa shape index (κ2) is 6.66. The number of hydrogen-bond donors (Lipinski definition) is 2. The van der Waals surface area contributed by atoms with Crippen LogP contribution >= 0.6 is 11.6 Å². The van der Waals surface area contributed by atoms with E-state index in [1.807, 2.05) is 12.1 Å². The Balaban J connectivity index is 1.80. The first-order chi connectivity index (χ1) is 10.2. The summed E-state index contributed by atoms with van der Waals surface area (Å²) in [5.74, 6) is 5.98. The molecule has 0 spiro atoms. The van der Waals surface area contributed by atoms with Crippen LogP contribution in [0.2, 0.25) is 5.02 Å². The Bertz CT molecular complexity index is 448. The van der Waals surface area contributed by atoms with Crippen molar-refractivity contribution in [2.24, 2.45) is 5.84 Å². The highest BCUT2D eigenvalue weighted by atomic mass is 35.5. The van der Waals surface area contributed by atoms with E-state index < -0.39 is 0 Å². The van der Waals surface area contributed by atoms with Crippen molar-refractivity contribution in [2.45, 2.75) is 56.5 Å². The van der Waals surface area contributed by atoms with Crippen LogP contribution in [0.3, 0.4) is 0 Å². The van der Waals surface area contributed by atoms with Gasteiger partial charge in [0.15, 0.2) is 0 Å². The molecule has 21 heavy (non-hydrogen) atoms. The highest BCUT2D eigenvalue weighted by molar-refractivity contribution is 6.30. The van der Waals surface area contributed by atoms with Gasteiger partial charge in [0, 0.05) is 16.6 Å². The summed E-state index contributed by atoms with van der Waals surface area (Å²) in [6.07, 6.45) is 8.85. The summed E-state index contributed by atoms with van der Waals surface area (Å²) in [7, 11) is 0. The minimum atomic E-state index is 0.255. The number of nitrogens with zero attached hydrogens (tertiary/aromatic N) is 1. The Labute approximate surface area is 132 Å². The average molecular weight is 308 g/mol. The fourth-order valence-corrected chi connectivity index (χ4v) is 4.42. The minimum Gasteiger partial charge on any atom is -0.296 e. The molecule has 1 aromatic carbocycles. The van der Waals surface area contributed by atoms with Gasteiger partial charge >= 0.3 is 0 Å². The molecule has 4 heteroatoms. The lowest BCUT2D eigenvalue weighted by Crippen LogP contribution is -2.61. The van der Waals surface area contributed by atoms with E-state index >= 15 is 0 Å². The SMILES string of the molecule is NNC(Cc1ccc(Cl)cc1)C1(N2CCCC2)CCCC1. The number of halogens is 1. The van der Waals surface area contributed by atoms with Crippen LogP contribution in [0.5, 0.6) is 0 Å². The molecule has 3 rings (SSSR count). The molecule has 1 saturated carbocycles. The van der Waals surface area contributed by atoms with Crippen molar-refractivity contribution in [3.63, 3.8) is 0 Å². The van der Waals surface area contributed by atoms with Crippen LogP contribution < -0.4 is 11.3 Å². The van der Waals surface area contributed by atoms with Crippen molar-refractivity contribution in [2.75, 3.05) is 13.1 Å². The third kappa shape index (κ3) is 3.11. The molecule has 1 saturated heterocycles. The van der Waals surface area contributed by atoms with Gasteiger partial charge in [0.2, 0.25) is 0 Å². The van der Waals surface area contributed by atoms with E-state index in [0.717, 1.165) is 11.4 Å². The van der Waals surface area contributed by atoms with E-state index in [2.05, 4.69) is 22.5 Å². The first-order valence-electron chi connectivity index (χ1n) is 8.20. The van der Waals surface area contributed by atoms with E-state index in [-0.39, 0.29) is 5.54 Å². The Morgan fingerprint density at radius 2 is 1.71 bits per heavy atom. The molecule has 1 aliphatic carbocycles. The fourth-order valence-electron chi connectivity index (χ4n) is 4.29. The molecule has 3 N–H and O–H groups in total. The van der Waals surface area contributed by atoms with Gasteiger partial charge in [0.05, 0.1) is 0 Å². The molecule has 0 amide bonds. The Hall–Kier alpha value is -0.610. The largest absolute Gasteiger partial charge is 0.296 e. The number of nitrogens with one attached hydrogen (secondary N) is 1. The van der Waals surface area contributed by atoms with Crippen molar-refractivity contribution >= 4 is 11.6 Å². The maximum atomic E-state index is 5.99. The van der Waals surface area contributed by atoms with Crippen molar-refractivity contribution in [1.82, 2.24) is 10.3 Å². The summed E-state index contributed by atoms with van der Waals surface area (Å²) < 4.78 is 0. The molecule has 2 fully saturated rings. The topological polar surface area (TPSA) is 41.3 Å². The first-order valence-corrected chi connectivity index (χ1v) is 8.58. The van der Waals surface area contributed by atoms with E-state index in [1.54, 1.807) is 0 Å². The highest BCUT2D eigenvalue weighted by Crippen LogP contribution is 2.40. The molecule has 0 radical (unpaired) electrons. The van der Waals surface area contributed by atoms with Crippen molar-refractivity contribution in [3.05, 3.63) is 34.9 Å². The summed E-state index contributed by atoms with van der Waals surface area (Å²) >= 11 is 5.99. The highest BCUT2D eigenvalue weighted by Gasteiger charge is 2.46. The summed E-state index contributed by atoms with van der Waals surface area (Å²) in [6, 6.07) is 8.52. The second-order valence-electron chi connectivity index (χ2n) is 6.55. The zero-order valence-electron chi connectivity index (χ0n) is 12.7. The minimum absolute atomic E-state index is 0.255. The van der Waals surface area contributed by atoms with E-state index in [4.69, 9.17) is 17.4 Å². The van der Waals surface area contributed by atoms with E-state index in [0.29, 0.717) is 6.04 Å². The quantitative estimate of drug-likeness (QED) is 0.649. The third-order valence-electron chi connectivity index (χ3n) is 5.41. The van der Waals surface area contributed by atoms with Gasteiger partial charge in [-0.05, 0) is 62.9 Å². The first kappa shape index (κ1) is 15.3. The standard InChI is InChI=1S/C17H26ClN3/c18-15-7-5-14(6-8-15)13-16(20-19)17(9-1-2-10-17)21-11-3-4-12-21/h5-8,16,20H,1-4,9-13,19H2. The molecule has 0 bridgehead atoms. The fraction of sp³-hybridized carbons (Fsp3) is 0.647. The maximum absolute atomic E-state index is 5.99. The predicted octanol–water partition coefficient (Wildman–Crippen LogP) is 3.12. The van der Waals surface area contributed by atoms with Crippen LogP contribution in [-0.2, 0) is 6.42 Å². The predicted molar refractivity (Wildman–Crippen MR) is 88.3 cm³/mol. The van der Waals surface area contributed by atoms with Crippen molar-refractivity contribution in [3.8, 4) is 0 Å². The zero-order valence-corrected chi connectivity index (χ0v) is 13.4. The van der Waals surface area contributed by atoms with Gasteiger partial charge in [-0.15, -0.1) is 0 Å². The molecular formula is C17H26ClN3. The Morgan fingerprint density at radius 1 is 1.10 bits per heavy atom. The van der Waals surface area contributed by atoms with Crippen molar-refractivity contribution in [1.29, 1.82) is 0 Å². The van der Waals surface area contributed by atoms with Gasteiger partial charge in [-0.3, -0.25) is 16.2 Å². The maximum Gasteiger partial charge on any atom is 0.0435 e. The number of hydrazine groups is 1. The molecule has 1 aromatic rings. The lowest BCUT2D eigenvalue weighted by atomic mass is 9.83. The van der Waals surface area contributed by atoms with Crippen molar-refractivity contribution < 1.29 is 0 Å². The van der Waals surface area contributed by atoms with Gasteiger partial charge < -0.3 is 0 Å². The van der Waals surface area contributed by atoms with Gasteiger partial charge in [-0.1, -0.05) is 36.6 Å². The number of hydrogen-bond acceptors (Lipinski definition) is 3. The summed E-state index contributed by atoms with van der Waals surface area (Å²) in [4.78, 5) is 2.71. The molecule has 1 heterocycles. The van der Waals surface area contributed by atoms with E-state index in [9.17, 15) is 0 Å². The molecule has 1 atom stereocenters. The summed E-state index contributed by atoms with van der Waals surface area (Å²) in [5.41, 5.74) is 4.72. The molecular weight excluding hydrogens is 282 g/mol. The Morgan fingerprint density at radius 3 is 2.29 bits per heavy atom. The molecule has 116 valence electrons. The van der Waals surface area contributed by atoms with Gasteiger partial charge in [0.1, 0.15) is 0 Å². The van der Waals surface area contributed by atoms with Gasteiger partial charge in [-0.2, -0.15) is 0 Å². The van der Waals surface area contributed by atoms with Crippen LogP contribution in [0.4, 0.5) is 0 Å². The summed E-state index contributed by atoms with van der Waals surface area (Å²) in [6.45, 7) is 2.47. The number of nitrogens with two attached hydrogens (primary N) is 1. The molecule has 0 aromatic heterocycles. The molecule has 3 nitrogen and oxygen atoms in total. The van der Waals surface area contributed by atoms with E-state index in [1.165, 1.54) is 57.2 Å². The number of rotatable bonds is 5. The van der Waals surface area contributed by atoms with Gasteiger partial charge in [-0.25, -0.2) is 0 Å². The number of benzene rings is 1. The van der Waals surface area contributed by atoms with Crippen LogP contribution in [0.25, 0.3) is 0 Å². The monoisotopic (exact) mass is 307 g/mol. The normalized spacial score (nSPS) is 23.5. The molecule has 1 aliphatic heterocycles. The zero-order chi connectivity index (χ0) is 14.7. The lowest BCUT2D eigenvalue weighted by Gasteiger charge is -2.45. The molecule has 1 unspecified atom stereocenters. The van der Waals surface area contributed by atoms with Crippen LogP contribution in [0, 0.1) is 0 Å². The van der Waals surface area contributed by atoms with Crippen LogP contribution in [0.15, 0.2) is 24.3 Å². The lowest BCUT2D eigenvalue weighted by molar-refractivity contribution is 0.0766. The van der Waals surface area contributed by atoms with Crippen LogP contribution in [0.1, 0.15) is 44.1 Å². The average Bonchev–Trinajstić information content (AvgIpc) is 3.18. The molecule has 2 aliphatic rings. The van der Waals surface area contributed by atoms with Crippen LogP contribution in [-0.4, -0.2) is 29.6 Å². The Kier molecular flexibility index (Phi) is 4.85. The third-order valence-corrected chi connectivity index (χ3v) is 5.66. The smallest absolute Gasteiger partial charge is 0.0435 e. The second-order valence-corrected chi connectivity index (χ2v) is 6.99. The van der Waals surface area contributed by atoms with Gasteiger partial charge in [0.25, 0.3) is 0 Å².